The highest BCUT2D eigenvalue weighted by atomic mass is 16.5. The summed E-state index contributed by atoms with van der Waals surface area (Å²) in [7, 11) is 0. The van der Waals surface area contributed by atoms with Crippen molar-refractivity contribution in [3.63, 3.8) is 0 Å². The summed E-state index contributed by atoms with van der Waals surface area (Å²) in [4.78, 5) is 2.48. The quantitative estimate of drug-likeness (QED) is 0.706. The Labute approximate surface area is 161 Å². The van der Waals surface area contributed by atoms with Crippen molar-refractivity contribution >= 4 is 11.0 Å². The van der Waals surface area contributed by atoms with Gasteiger partial charge in [-0.15, -0.1) is 0 Å². The van der Waals surface area contributed by atoms with E-state index in [1.165, 1.54) is 11.1 Å². The third-order valence-corrected chi connectivity index (χ3v) is 5.03. The van der Waals surface area contributed by atoms with Crippen molar-refractivity contribution in [1.29, 1.82) is 0 Å². The number of nitrogens with one attached hydrogen (secondary N) is 1. The Hall–Kier alpha value is -2.14. The van der Waals surface area contributed by atoms with Crippen molar-refractivity contribution in [1.82, 2.24) is 10.2 Å². The molecule has 0 spiro atoms. The number of hydrogen-bond acceptors (Lipinski definition) is 4. The van der Waals surface area contributed by atoms with Gasteiger partial charge in [0.2, 0.25) is 0 Å². The minimum atomic E-state index is 0.315. The first kappa shape index (κ1) is 18.2. The van der Waals surface area contributed by atoms with Crippen LogP contribution in [0.3, 0.4) is 0 Å². The van der Waals surface area contributed by atoms with Gasteiger partial charge in [-0.05, 0) is 37.1 Å². The molecule has 1 aliphatic rings. The lowest BCUT2D eigenvalue weighted by molar-refractivity contribution is -0.0704. The van der Waals surface area contributed by atoms with Gasteiger partial charge < -0.3 is 14.5 Å². The lowest BCUT2D eigenvalue weighted by Gasteiger charge is -2.35. The first-order valence-electron chi connectivity index (χ1n) is 9.79. The van der Waals surface area contributed by atoms with Crippen LogP contribution in [-0.2, 0) is 24.4 Å². The van der Waals surface area contributed by atoms with E-state index in [9.17, 15) is 0 Å². The number of benzene rings is 2. The van der Waals surface area contributed by atoms with Gasteiger partial charge in [0.25, 0.3) is 0 Å². The molecule has 0 amide bonds. The Balaban J connectivity index is 1.27. The summed E-state index contributed by atoms with van der Waals surface area (Å²) < 4.78 is 11.7. The first-order valence-corrected chi connectivity index (χ1v) is 9.79. The van der Waals surface area contributed by atoms with Crippen LogP contribution in [0.5, 0.6) is 0 Å². The maximum Gasteiger partial charge on any atom is 0.134 e. The molecule has 4 rings (SSSR count). The summed E-state index contributed by atoms with van der Waals surface area (Å²) in [6.45, 7) is 8.88. The lowest BCUT2D eigenvalue weighted by atomic mass is 10.1. The monoisotopic (exact) mass is 364 g/mol. The highest BCUT2D eigenvalue weighted by molar-refractivity contribution is 5.77. The number of ether oxygens (including phenoxy) is 1. The SMILES string of the molecule is CC1CN(Cc2ccc(CNCc3cc4ccccc4o3)cc2)CC(C)O1. The van der Waals surface area contributed by atoms with E-state index in [-0.39, 0.29) is 0 Å². The number of morpholine rings is 1. The molecule has 0 radical (unpaired) electrons. The molecule has 4 nitrogen and oxygen atoms in total. The molecule has 142 valence electrons. The molecule has 0 bridgehead atoms. The molecule has 3 aromatic rings. The van der Waals surface area contributed by atoms with Gasteiger partial charge >= 0.3 is 0 Å². The van der Waals surface area contributed by atoms with Crippen molar-refractivity contribution < 1.29 is 9.15 Å². The van der Waals surface area contributed by atoms with Crippen LogP contribution in [0, 0.1) is 0 Å². The van der Waals surface area contributed by atoms with Crippen LogP contribution in [0.2, 0.25) is 0 Å². The second-order valence-electron chi connectivity index (χ2n) is 7.62. The van der Waals surface area contributed by atoms with Crippen molar-refractivity contribution in [3.8, 4) is 0 Å². The summed E-state index contributed by atoms with van der Waals surface area (Å²) >= 11 is 0. The number of hydrogen-bond donors (Lipinski definition) is 1. The Morgan fingerprint density at radius 2 is 1.63 bits per heavy atom. The second-order valence-corrected chi connectivity index (χ2v) is 7.62. The van der Waals surface area contributed by atoms with Crippen molar-refractivity contribution in [2.24, 2.45) is 0 Å². The zero-order chi connectivity index (χ0) is 18.6. The largest absolute Gasteiger partial charge is 0.460 e. The fourth-order valence-electron chi connectivity index (χ4n) is 3.89. The van der Waals surface area contributed by atoms with Crippen LogP contribution in [0.1, 0.15) is 30.7 Å². The predicted octanol–water partition coefficient (Wildman–Crippen LogP) is 4.33. The van der Waals surface area contributed by atoms with E-state index >= 15 is 0 Å². The molecule has 2 unspecified atom stereocenters. The molecule has 1 aromatic heterocycles. The molecule has 1 aliphatic heterocycles. The Morgan fingerprint density at radius 3 is 2.37 bits per heavy atom. The fraction of sp³-hybridized carbons (Fsp3) is 0.391. The van der Waals surface area contributed by atoms with Gasteiger partial charge in [0, 0.05) is 31.6 Å². The summed E-state index contributed by atoms with van der Waals surface area (Å²) in [5, 5.41) is 4.63. The molecule has 2 heterocycles. The van der Waals surface area contributed by atoms with Crippen molar-refractivity contribution in [3.05, 3.63) is 71.5 Å². The molecule has 0 saturated carbocycles. The second kappa shape index (κ2) is 8.26. The van der Waals surface area contributed by atoms with Crippen LogP contribution in [0.25, 0.3) is 11.0 Å². The van der Waals surface area contributed by atoms with Crippen LogP contribution in [0.15, 0.2) is 59.0 Å². The topological polar surface area (TPSA) is 37.6 Å². The molecule has 27 heavy (non-hydrogen) atoms. The maximum atomic E-state index is 5.85. The van der Waals surface area contributed by atoms with E-state index in [4.69, 9.17) is 9.15 Å². The minimum Gasteiger partial charge on any atom is -0.460 e. The van der Waals surface area contributed by atoms with E-state index in [1.54, 1.807) is 0 Å². The van der Waals surface area contributed by atoms with E-state index in [0.717, 1.165) is 49.5 Å². The predicted molar refractivity (Wildman–Crippen MR) is 108 cm³/mol. The molecular formula is C23H28N2O2. The highest BCUT2D eigenvalue weighted by Crippen LogP contribution is 2.19. The summed E-state index contributed by atoms with van der Waals surface area (Å²) in [5.74, 6) is 0.975. The van der Waals surface area contributed by atoms with E-state index < -0.39 is 0 Å². The Morgan fingerprint density at radius 1 is 0.926 bits per heavy atom. The molecule has 4 heteroatoms. The van der Waals surface area contributed by atoms with Crippen molar-refractivity contribution in [2.45, 2.75) is 45.7 Å². The smallest absolute Gasteiger partial charge is 0.134 e. The third kappa shape index (κ3) is 4.78. The molecular weight excluding hydrogens is 336 g/mol. The number of fused-ring (bicyclic) bond motifs is 1. The standard InChI is InChI=1S/C23H28N2O2/c1-17-14-25(15-18(2)26-17)16-20-9-7-19(8-10-20)12-24-13-22-11-21-5-3-4-6-23(21)27-22/h3-11,17-18,24H,12-16H2,1-2H3. The maximum absolute atomic E-state index is 5.85. The Kier molecular flexibility index (Phi) is 5.58. The van der Waals surface area contributed by atoms with Crippen LogP contribution in [-0.4, -0.2) is 30.2 Å². The average molecular weight is 364 g/mol. The number of furan rings is 1. The summed E-state index contributed by atoms with van der Waals surface area (Å²) in [6.07, 6.45) is 0.631. The molecule has 1 fully saturated rings. The van der Waals surface area contributed by atoms with Gasteiger partial charge in [0.15, 0.2) is 0 Å². The zero-order valence-electron chi connectivity index (χ0n) is 16.2. The van der Waals surface area contributed by atoms with E-state index in [0.29, 0.717) is 12.2 Å². The molecule has 0 aliphatic carbocycles. The normalized spacial score (nSPS) is 21.0. The first-order chi connectivity index (χ1) is 13.2. The number of nitrogens with zero attached hydrogens (tertiary/aromatic N) is 1. The average Bonchev–Trinajstić information content (AvgIpc) is 3.05. The van der Waals surface area contributed by atoms with Gasteiger partial charge in [-0.3, -0.25) is 4.90 Å². The highest BCUT2D eigenvalue weighted by Gasteiger charge is 2.21. The van der Waals surface area contributed by atoms with Crippen molar-refractivity contribution in [2.75, 3.05) is 13.1 Å². The fourth-order valence-corrected chi connectivity index (χ4v) is 3.89. The van der Waals surface area contributed by atoms with Gasteiger partial charge in [-0.2, -0.15) is 0 Å². The molecule has 2 aromatic carbocycles. The van der Waals surface area contributed by atoms with Gasteiger partial charge in [-0.1, -0.05) is 42.5 Å². The Bertz CT molecular complexity index is 828. The van der Waals surface area contributed by atoms with Gasteiger partial charge in [0.1, 0.15) is 11.3 Å². The van der Waals surface area contributed by atoms with E-state index in [1.807, 2.05) is 18.2 Å². The molecule has 2 atom stereocenters. The van der Waals surface area contributed by atoms with Crippen LogP contribution >= 0.6 is 0 Å². The summed E-state index contributed by atoms with van der Waals surface area (Å²) in [6, 6.07) is 19.1. The van der Waals surface area contributed by atoms with Gasteiger partial charge in [-0.25, -0.2) is 0 Å². The van der Waals surface area contributed by atoms with Gasteiger partial charge in [0.05, 0.1) is 18.8 Å². The molecule has 1 N–H and O–H groups in total. The third-order valence-electron chi connectivity index (χ3n) is 5.03. The summed E-state index contributed by atoms with van der Waals surface area (Å²) in [5.41, 5.74) is 3.60. The van der Waals surface area contributed by atoms with E-state index in [2.05, 4.69) is 60.5 Å². The number of rotatable bonds is 6. The van der Waals surface area contributed by atoms with Crippen LogP contribution < -0.4 is 5.32 Å². The lowest BCUT2D eigenvalue weighted by Crippen LogP contribution is -2.44. The van der Waals surface area contributed by atoms with Crippen LogP contribution in [0.4, 0.5) is 0 Å². The minimum absolute atomic E-state index is 0.315. The zero-order valence-corrected chi connectivity index (χ0v) is 16.2. The number of para-hydroxylation sites is 1. The molecule has 1 saturated heterocycles.